The lowest BCUT2D eigenvalue weighted by atomic mass is 9.83. The minimum Gasteiger partial charge on any atom is -0.311 e. The summed E-state index contributed by atoms with van der Waals surface area (Å²) in [5.41, 5.74) is 0. The second-order valence-corrected chi connectivity index (χ2v) is 6.46. The van der Waals surface area contributed by atoms with Gasteiger partial charge in [-0.25, -0.2) is 0 Å². The summed E-state index contributed by atoms with van der Waals surface area (Å²) < 4.78 is 0. The van der Waals surface area contributed by atoms with Gasteiger partial charge in [0.15, 0.2) is 0 Å². The molecule has 0 saturated heterocycles. The van der Waals surface area contributed by atoms with E-state index >= 15 is 0 Å². The highest BCUT2D eigenvalue weighted by atomic mass is 15.0. The zero-order valence-electron chi connectivity index (χ0n) is 11.9. The lowest BCUT2D eigenvalue weighted by molar-refractivity contribution is 0.261. The van der Waals surface area contributed by atoms with Crippen molar-refractivity contribution in [1.29, 1.82) is 0 Å². The van der Waals surface area contributed by atoms with Gasteiger partial charge in [0.1, 0.15) is 0 Å². The SMILES string of the molecule is CCCC1CCC(NC2CCC(CC)C2)CC1. The van der Waals surface area contributed by atoms with Gasteiger partial charge in [-0.05, 0) is 56.8 Å². The van der Waals surface area contributed by atoms with Crippen LogP contribution in [-0.4, -0.2) is 12.1 Å². The molecule has 0 aromatic heterocycles. The molecule has 2 unspecified atom stereocenters. The molecule has 1 heteroatoms. The van der Waals surface area contributed by atoms with Gasteiger partial charge >= 0.3 is 0 Å². The smallest absolute Gasteiger partial charge is 0.00723 e. The molecule has 100 valence electrons. The minimum atomic E-state index is 0.851. The zero-order valence-corrected chi connectivity index (χ0v) is 11.9. The van der Waals surface area contributed by atoms with Gasteiger partial charge in [0.25, 0.3) is 0 Å². The first-order valence-electron chi connectivity index (χ1n) is 8.07. The Morgan fingerprint density at radius 2 is 1.47 bits per heavy atom. The third-order valence-electron chi connectivity index (χ3n) is 5.13. The van der Waals surface area contributed by atoms with Crippen LogP contribution in [0.25, 0.3) is 0 Å². The predicted molar refractivity (Wildman–Crippen MR) is 75.2 cm³/mol. The van der Waals surface area contributed by atoms with E-state index in [2.05, 4.69) is 19.2 Å². The molecule has 2 aliphatic rings. The first kappa shape index (κ1) is 13.4. The molecule has 0 spiro atoms. The van der Waals surface area contributed by atoms with Crippen LogP contribution in [0, 0.1) is 11.8 Å². The molecule has 2 atom stereocenters. The van der Waals surface area contributed by atoms with Gasteiger partial charge in [-0.15, -0.1) is 0 Å². The summed E-state index contributed by atoms with van der Waals surface area (Å²) in [4.78, 5) is 0. The monoisotopic (exact) mass is 237 g/mol. The molecule has 1 nitrogen and oxygen atoms in total. The van der Waals surface area contributed by atoms with Crippen LogP contribution < -0.4 is 5.32 Å². The third-order valence-corrected chi connectivity index (χ3v) is 5.13. The molecule has 0 aliphatic heterocycles. The molecule has 0 heterocycles. The maximum atomic E-state index is 3.94. The highest BCUT2D eigenvalue weighted by Crippen LogP contribution is 2.31. The molecule has 17 heavy (non-hydrogen) atoms. The maximum absolute atomic E-state index is 3.94. The molecule has 1 N–H and O–H groups in total. The van der Waals surface area contributed by atoms with Crippen LogP contribution in [0.2, 0.25) is 0 Å². The Morgan fingerprint density at radius 1 is 0.824 bits per heavy atom. The number of rotatable bonds is 5. The van der Waals surface area contributed by atoms with Gasteiger partial charge in [0, 0.05) is 12.1 Å². The van der Waals surface area contributed by atoms with Crippen LogP contribution in [0.5, 0.6) is 0 Å². The van der Waals surface area contributed by atoms with Gasteiger partial charge < -0.3 is 5.32 Å². The first-order chi connectivity index (χ1) is 8.31. The van der Waals surface area contributed by atoms with Crippen molar-refractivity contribution >= 4 is 0 Å². The molecule has 2 aliphatic carbocycles. The van der Waals surface area contributed by atoms with Crippen LogP contribution in [0.15, 0.2) is 0 Å². The Labute approximate surface area is 108 Å². The Kier molecular flexibility index (Phi) is 5.34. The lowest BCUT2D eigenvalue weighted by Gasteiger charge is -2.31. The van der Waals surface area contributed by atoms with Crippen LogP contribution >= 0.6 is 0 Å². The fraction of sp³-hybridized carbons (Fsp3) is 1.00. The summed E-state index contributed by atoms with van der Waals surface area (Å²) in [5, 5.41) is 3.94. The molecule has 2 rings (SSSR count). The first-order valence-corrected chi connectivity index (χ1v) is 8.07. The molecule has 0 aromatic carbocycles. The van der Waals surface area contributed by atoms with Gasteiger partial charge in [-0.3, -0.25) is 0 Å². The van der Waals surface area contributed by atoms with Crippen LogP contribution in [0.3, 0.4) is 0 Å². The summed E-state index contributed by atoms with van der Waals surface area (Å²) in [6.45, 7) is 4.68. The largest absolute Gasteiger partial charge is 0.311 e. The molecular formula is C16H31N. The van der Waals surface area contributed by atoms with Crippen molar-refractivity contribution in [3.05, 3.63) is 0 Å². The Hall–Kier alpha value is -0.0400. The second-order valence-electron chi connectivity index (χ2n) is 6.46. The van der Waals surface area contributed by atoms with Gasteiger partial charge in [-0.1, -0.05) is 33.1 Å². The average molecular weight is 237 g/mol. The van der Waals surface area contributed by atoms with Crippen LogP contribution in [0.4, 0.5) is 0 Å². The summed E-state index contributed by atoms with van der Waals surface area (Å²) in [6, 6.07) is 1.70. The van der Waals surface area contributed by atoms with E-state index in [1.54, 1.807) is 0 Å². The van der Waals surface area contributed by atoms with Gasteiger partial charge in [0.2, 0.25) is 0 Å². The maximum Gasteiger partial charge on any atom is 0.00723 e. The molecule has 0 radical (unpaired) electrons. The lowest BCUT2D eigenvalue weighted by Crippen LogP contribution is -2.39. The minimum absolute atomic E-state index is 0.851. The number of hydrogen-bond donors (Lipinski definition) is 1. The van der Waals surface area contributed by atoms with E-state index in [0.29, 0.717) is 0 Å². The summed E-state index contributed by atoms with van der Waals surface area (Å²) in [5.74, 6) is 2.06. The quantitative estimate of drug-likeness (QED) is 0.741. The Bertz CT molecular complexity index is 206. The van der Waals surface area contributed by atoms with Crippen LogP contribution in [-0.2, 0) is 0 Å². The fourth-order valence-corrected chi connectivity index (χ4v) is 3.96. The van der Waals surface area contributed by atoms with Gasteiger partial charge in [-0.2, -0.15) is 0 Å². The van der Waals surface area contributed by atoms with E-state index < -0.39 is 0 Å². The Balaban J connectivity index is 1.65. The van der Waals surface area contributed by atoms with Crippen molar-refractivity contribution < 1.29 is 0 Å². The summed E-state index contributed by atoms with van der Waals surface area (Å²) >= 11 is 0. The molecular weight excluding hydrogens is 206 g/mol. The van der Waals surface area contributed by atoms with E-state index in [-0.39, 0.29) is 0 Å². The van der Waals surface area contributed by atoms with Crippen molar-refractivity contribution in [3.63, 3.8) is 0 Å². The molecule has 0 aromatic rings. The zero-order chi connectivity index (χ0) is 12.1. The van der Waals surface area contributed by atoms with Gasteiger partial charge in [0.05, 0.1) is 0 Å². The second kappa shape index (κ2) is 6.78. The van der Waals surface area contributed by atoms with Crippen molar-refractivity contribution in [3.8, 4) is 0 Å². The average Bonchev–Trinajstić information content (AvgIpc) is 2.80. The van der Waals surface area contributed by atoms with E-state index in [1.165, 1.54) is 64.2 Å². The predicted octanol–water partition coefficient (Wildman–Crippen LogP) is 4.51. The summed E-state index contributed by atoms with van der Waals surface area (Å²) in [7, 11) is 0. The van der Waals surface area contributed by atoms with Crippen molar-refractivity contribution in [1.82, 2.24) is 5.32 Å². The molecule has 2 fully saturated rings. The standard InChI is InChI=1S/C16H31N/c1-3-5-14-7-9-15(10-8-14)17-16-11-6-13(4-2)12-16/h13-17H,3-12H2,1-2H3. The normalized spacial score (nSPS) is 38.5. The summed E-state index contributed by atoms with van der Waals surface area (Å²) in [6.07, 6.45) is 14.4. The van der Waals surface area contributed by atoms with Crippen molar-refractivity contribution in [2.24, 2.45) is 11.8 Å². The molecule has 0 bridgehead atoms. The molecule has 2 saturated carbocycles. The fourth-order valence-electron chi connectivity index (χ4n) is 3.96. The van der Waals surface area contributed by atoms with E-state index in [1.807, 2.05) is 0 Å². The highest BCUT2D eigenvalue weighted by Gasteiger charge is 2.27. The topological polar surface area (TPSA) is 12.0 Å². The molecule has 0 amide bonds. The van der Waals surface area contributed by atoms with Crippen molar-refractivity contribution in [2.45, 2.75) is 90.1 Å². The van der Waals surface area contributed by atoms with Crippen molar-refractivity contribution in [2.75, 3.05) is 0 Å². The van der Waals surface area contributed by atoms with Crippen LogP contribution in [0.1, 0.15) is 78.1 Å². The van der Waals surface area contributed by atoms with E-state index in [9.17, 15) is 0 Å². The Morgan fingerprint density at radius 3 is 2.06 bits per heavy atom. The highest BCUT2D eigenvalue weighted by molar-refractivity contribution is 4.85. The van der Waals surface area contributed by atoms with E-state index in [4.69, 9.17) is 0 Å². The number of nitrogens with one attached hydrogen (secondary N) is 1. The number of hydrogen-bond acceptors (Lipinski definition) is 1. The van der Waals surface area contributed by atoms with E-state index in [0.717, 1.165) is 23.9 Å². The third kappa shape index (κ3) is 3.98.